The highest BCUT2D eigenvalue weighted by molar-refractivity contribution is 7.90. The number of hydrogen-bond donors (Lipinski definition) is 1. The van der Waals surface area contributed by atoms with E-state index < -0.39 is 27.2 Å². The van der Waals surface area contributed by atoms with E-state index in [0.29, 0.717) is 35.5 Å². The highest BCUT2D eigenvalue weighted by Gasteiger charge is 2.47. The van der Waals surface area contributed by atoms with Crippen molar-refractivity contribution in [1.29, 1.82) is 0 Å². The summed E-state index contributed by atoms with van der Waals surface area (Å²) in [6.07, 6.45) is 5.15. The number of benzene rings is 2. The highest BCUT2D eigenvalue weighted by atomic mass is 35.5. The number of carbonyl (C=O) groups is 1. The fraction of sp³-hybridized carbons (Fsp3) is 0.273. The zero-order chi connectivity index (χ0) is 20.9. The van der Waals surface area contributed by atoms with E-state index in [0.717, 1.165) is 16.3 Å². The maximum Gasteiger partial charge on any atom is 0.247 e. The van der Waals surface area contributed by atoms with Gasteiger partial charge in [-0.05, 0) is 42.5 Å². The largest absolute Gasteiger partial charge is 0.323 e. The summed E-state index contributed by atoms with van der Waals surface area (Å²) in [5, 5.41) is 4.75. The van der Waals surface area contributed by atoms with Crippen molar-refractivity contribution in [1.82, 2.24) is 9.29 Å². The molecule has 1 amide bonds. The highest BCUT2D eigenvalue weighted by Crippen LogP contribution is 2.40. The fourth-order valence-corrected chi connectivity index (χ4v) is 6.23. The number of aromatic nitrogens is 1. The lowest BCUT2D eigenvalue weighted by Gasteiger charge is -2.35. The van der Waals surface area contributed by atoms with Crippen LogP contribution in [0.25, 0.3) is 10.8 Å². The quantitative estimate of drug-likeness (QED) is 0.665. The molecule has 3 aromatic rings. The molecule has 0 bridgehead atoms. The molecule has 1 aliphatic heterocycles. The van der Waals surface area contributed by atoms with Crippen LogP contribution in [0.4, 0.5) is 5.69 Å². The van der Waals surface area contributed by atoms with Crippen molar-refractivity contribution < 1.29 is 13.2 Å². The first-order chi connectivity index (χ1) is 14.4. The average Bonchev–Trinajstić information content (AvgIpc) is 3.59. The van der Waals surface area contributed by atoms with Crippen molar-refractivity contribution in [3.8, 4) is 0 Å². The Labute approximate surface area is 179 Å². The summed E-state index contributed by atoms with van der Waals surface area (Å²) >= 11 is 6.21. The molecule has 0 saturated heterocycles. The first kappa shape index (κ1) is 19.5. The number of halogens is 1. The maximum absolute atomic E-state index is 13.5. The minimum absolute atomic E-state index is 0.277. The lowest BCUT2D eigenvalue weighted by molar-refractivity contribution is -0.120. The van der Waals surface area contributed by atoms with Gasteiger partial charge < -0.3 is 5.32 Å². The predicted octanol–water partition coefficient (Wildman–Crippen LogP) is 3.92. The van der Waals surface area contributed by atoms with Crippen molar-refractivity contribution in [2.45, 2.75) is 30.6 Å². The van der Waals surface area contributed by atoms with Crippen LogP contribution in [-0.2, 0) is 21.2 Å². The summed E-state index contributed by atoms with van der Waals surface area (Å²) in [4.78, 5) is 17.7. The van der Waals surface area contributed by atoms with Crippen LogP contribution < -0.4 is 5.32 Å². The van der Waals surface area contributed by atoms with Crippen LogP contribution in [0.1, 0.15) is 30.0 Å². The molecule has 1 atom stereocenters. The summed E-state index contributed by atoms with van der Waals surface area (Å²) in [5.74, 6) is -0.402. The van der Waals surface area contributed by atoms with E-state index in [9.17, 15) is 13.2 Å². The Bertz CT molecular complexity index is 1250. The lowest BCUT2D eigenvalue weighted by Crippen LogP contribution is -2.46. The molecule has 0 spiro atoms. The first-order valence-corrected chi connectivity index (χ1v) is 11.8. The SMILES string of the molecule is O=C(Nc1cncc2ccccc12)C1c2cc(Cl)ccc2CCN1S(=O)(=O)C1CC1. The molecular weight excluding hydrogens is 422 g/mol. The van der Waals surface area contributed by atoms with Crippen molar-refractivity contribution in [3.63, 3.8) is 0 Å². The second-order valence-electron chi connectivity index (χ2n) is 7.75. The van der Waals surface area contributed by atoms with Crippen LogP contribution >= 0.6 is 11.6 Å². The number of rotatable bonds is 4. The number of fused-ring (bicyclic) bond motifs is 2. The van der Waals surface area contributed by atoms with Crippen molar-refractivity contribution in [3.05, 3.63) is 71.0 Å². The summed E-state index contributed by atoms with van der Waals surface area (Å²) in [5.41, 5.74) is 2.14. The zero-order valence-corrected chi connectivity index (χ0v) is 17.7. The van der Waals surface area contributed by atoms with E-state index in [1.54, 1.807) is 24.5 Å². The van der Waals surface area contributed by atoms with E-state index in [1.807, 2.05) is 30.3 Å². The Balaban J connectivity index is 1.57. The molecule has 8 heteroatoms. The normalized spacial score (nSPS) is 19.4. The van der Waals surface area contributed by atoms with Gasteiger partial charge in [0.1, 0.15) is 6.04 Å². The Morgan fingerprint density at radius 2 is 1.93 bits per heavy atom. The number of amides is 1. The van der Waals surface area contributed by atoms with Gasteiger partial charge in [-0.15, -0.1) is 0 Å². The summed E-state index contributed by atoms with van der Waals surface area (Å²) in [6.45, 7) is 0.277. The molecule has 1 unspecified atom stereocenters. The Hall–Kier alpha value is -2.48. The molecule has 5 rings (SSSR count). The second kappa shape index (κ2) is 7.34. The lowest BCUT2D eigenvalue weighted by atomic mass is 9.93. The summed E-state index contributed by atoms with van der Waals surface area (Å²) in [6, 6.07) is 12.0. The van der Waals surface area contributed by atoms with E-state index in [4.69, 9.17) is 11.6 Å². The molecule has 1 fully saturated rings. The number of nitrogens with zero attached hydrogens (tertiary/aromatic N) is 2. The number of anilines is 1. The van der Waals surface area contributed by atoms with Crippen LogP contribution in [0.3, 0.4) is 0 Å². The minimum atomic E-state index is -3.56. The Morgan fingerprint density at radius 1 is 1.13 bits per heavy atom. The van der Waals surface area contributed by atoms with Crippen LogP contribution in [0.2, 0.25) is 5.02 Å². The third kappa shape index (κ3) is 3.37. The molecule has 1 aliphatic carbocycles. The third-order valence-corrected chi connectivity index (χ3v) is 8.34. The molecule has 1 aromatic heterocycles. The van der Waals surface area contributed by atoms with Gasteiger partial charge in [0.25, 0.3) is 0 Å². The third-order valence-electron chi connectivity index (χ3n) is 5.74. The monoisotopic (exact) mass is 441 g/mol. The topological polar surface area (TPSA) is 79.4 Å². The van der Waals surface area contributed by atoms with Gasteiger partial charge in [0.2, 0.25) is 15.9 Å². The van der Waals surface area contributed by atoms with Gasteiger partial charge in [-0.2, -0.15) is 4.31 Å². The molecule has 2 aliphatic rings. The van der Waals surface area contributed by atoms with Crippen molar-refractivity contribution in [2.24, 2.45) is 0 Å². The zero-order valence-electron chi connectivity index (χ0n) is 16.1. The molecule has 1 saturated carbocycles. The molecule has 6 nitrogen and oxygen atoms in total. The van der Waals surface area contributed by atoms with Gasteiger partial charge in [0, 0.05) is 28.5 Å². The van der Waals surface area contributed by atoms with E-state index >= 15 is 0 Å². The molecular formula is C22H20ClN3O3S. The predicted molar refractivity (Wildman–Crippen MR) is 117 cm³/mol. The molecule has 0 radical (unpaired) electrons. The standard InChI is InChI=1S/C22H20ClN3O3S/c23-16-6-5-14-9-10-26(30(28,29)17-7-8-17)21(19(14)11-16)22(27)25-20-13-24-12-15-3-1-2-4-18(15)20/h1-6,11-13,17,21H,7-10H2,(H,25,27). The van der Waals surface area contributed by atoms with Gasteiger partial charge in [-0.1, -0.05) is 41.9 Å². The van der Waals surface area contributed by atoms with Crippen molar-refractivity contribution in [2.75, 3.05) is 11.9 Å². The minimum Gasteiger partial charge on any atom is -0.323 e. The van der Waals surface area contributed by atoms with Crippen LogP contribution in [0.5, 0.6) is 0 Å². The van der Waals surface area contributed by atoms with Crippen LogP contribution in [0.15, 0.2) is 54.9 Å². The molecule has 30 heavy (non-hydrogen) atoms. The molecule has 154 valence electrons. The van der Waals surface area contributed by atoms with Gasteiger partial charge in [-0.25, -0.2) is 8.42 Å². The number of hydrogen-bond acceptors (Lipinski definition) is 4. The first-order valence-electron chi connectivity index (χ1n) is 9.88. The van der Waals surface area contributed by atoms with Gasteiger partial charge in [-0.3, -0.25) is 9.78 Å². The number of nitrogens with one attached hydrogen (secondary N) is 1. The number of carbonyl (C=O) groups excluding carboxylic acids is 1. The maximum atomic E-state index is 13.5. The van der Waals surface area contributed by atoms with E-state index in [-0.39, 0.29) is 6.54 Å². The second-order valence-corrected chi connectivity index (χ2v) is 10.4. The average molecular weight is 442 g/mol. The summed E-state index contributed by atoms with van der Waals surface area (Å²) < 4.78 is 27.6. The Kier molecular flexibility index (Phi) is 4.76. The molecule has 1 N–H and O–H groups in total. The molecule has 2 aromatic carbocycles. The fourth-order valence-electron chi connectivity index (χ4n) is 4.08. The summed E-state index contributed by atoms with van der Waals surface area (Å²) in [7, 11) is -3.56. The Morgan fingerprint density at radius 3 is 2.73 bits per heavy atom. The van der Waals surface area contributed by atoms with Gasteiger partial charge in [0.05, 0.1) is 17.1 Å². The van der Waals surface area contributed by atoms with E-state index in [1.165, 1.54) is 4.31 Å². The van der Waals surface area contributed by atoms with Crippen LogP contribution in [0, 0.1) is 0 Å². The van der Waals surface area contributed by atoms with E-state index in [2.05, 4.69) is 10.3 Å². The van der Waals surface area contributed by atoms with Gasteiger partial charge >= 0.3 is 0 Å². The number of pyridine rings is 1. The smallest absolute Gasteiger partial charge is 0.247 e. The van der Waals surface area contributed by atoms with Gasteiger partial charge in [0.15, 0.2) is 0 Å². The van der Waals surface area contributed by atoms with Crippen molar-refractivity contribution >= 4 is 44.0 Å². The molecule has 2 heterocycles. The number of sulfonamides is 1. The van der Waals surface area contributed by atoms with Crippen LogP contribution in [-0.4, -0.2) is 35.4 Å².